The molecule has 0 aliphatic carbocycles. The summed E-state index contributed by atoms with van der Waals surface area (Å²) in [5.41, 5.74) is 0.452. The first-order valence-corrected chi connectivity index (χ1v) is 8.07. The molecule has 0 bridgehead atoms. The standard InChI is InChI=1S/C14H17ClN4O3S/c1-9(11-3-4-12(15)23-11)17-13(20)14(21)18-10-7-16-19(8-10)5-6-22-2/h3-4,7-9H,5-6H2,1-2H3,(H,17,20)(H,18,21). The molecule has 0 fully saturated rings. The van der Waals surface area contributed by atoms with Crippen molar-refractivity contribution in [1.29, 1.82) is 0 Å². The molecule has 0 saturated carbocycles. The lowest BCUT2D eigenvalue weighted by Gasteiger charge is -2.11. The van der Waals surface area contributed by atoms with Crippen LogP contribution in [0.5, 0.6) is 0 Å². The van der Waals surface area contributed by atoms with E-state index in [1.165, 1.54) is 17.5 Å². The number of nitrogens with one attached hydrogen (secondary N) is 2. The van der Waals surface area contributed by atoms with Crippen LogP contribution in [0.1, 0.15) is 17.8 Å². The van der Waals surface area contributed by atoms with Gasteiger partial charge in [-0.05, 0) is 19.1 Å². The first kappa shape index (κ1) is 17.5. The molecule has 7 nitrogen and oxygen atoms in total. The molecule has 0 spiro atoms. The summed E-state index contributed by atoms with van der Waals surface area (Å²) in [6.45, 7) is 2.86. The average Bonchev–Trinajstić information content (AvgIpc) is 3.14. The number of amides is 2. The van der Waals surface area contributed by atoms with E-state index in [4.69, 9.17) is 16.3 Å². The van der Waals surface area contributed by atoms with Crippen molar-refractivity contribution in [1.82, 2.24) is 15.1 Å². The number of anilines is 1. The van der Waals surface area contributed by atoms with E-state index in [2.05, 4.69) is 15.7 Å². The highest BCUT2D eigenvalue weighted by molar-refractivity contribution is 7.16. The van der Waals surface area contributed by atoms with Gasteiger partial charge in [0.1, 0.15) is 0 Å². The number of rotatable bonds is 6. The highest BCUT2D eigenvalue weighted by Gasteiger charge is 2.18. The molecule has 0 saturated heterocycles. The molecule has 2 aromatic heterocycles. The third kappa shape index (κ3) is 5.05. The Balaban J connectivity index is 1.87. The Morgan fingerprint density at radius 3 is 2.87 bits per heavy atom. The molecule has 2 amide bonds. The normalized spacial score (nSPS) is 12.0. The van der Waals surface area contributed by atoms with Crippen LogP contribution in [0.2, 0.25) is 4.34 Å². The molecule has 0 aliphatic heterocycles. The number of aromatic nitrogens is 2. The number of hydrogen-bond acceptors (Lipinski definition) is 5. The first-order valence-electron chi connectivity index (χ1n) is 6.88. The highest BCUT2D eigenvalue weighted by Crippen LogP contribution is 2.26. The molecule has 0 aromatic carbocycles. The van der Waals surface area contributed by atoms with Crippen LogP contribution in [0.25, 0.3) is 0 Å². The smallest absolute Gasteiger partial charge is 0.313 e. The Morgan fingerprint density at radius 2 is 2.22 bits per heavy atom. The maximum absolute atomic E-state index is 11.9. The molecule has 0 radical (unpaired) electrons. The van der Waals surface area contributed by atoms with E-state index >= 15 is 0 Å². The Bertz CT molecular complexity index is 685. The third-order valence-electron chi connectivity index (χ3n) is 2.99. The summed E-state index contributed by atoms with van der Waals surface area (Å²) in [6, 6.07) is 3.27. The predicted molar refractivity (Wildman–Crippen MR) is 88.6 cm³/mol. The Labute approximate surface area is 142 Å². The van der Waals surface area contributed by atoms with Gasteiger partial charge in [0.2, 0.25) is 0 Å². The molecule has 2 heterocycles. The van der Waals surface area contributed by atoms with Crippen molar-refractivity contribution in [3.63, 3.8) is 0 Å². The second-order valence-electron chi connectivity index (χ2n) is 4.78. The van der Waals surface area contributed by atoms with Gasteiger partial charge in [-0.1, -0.05) is 11.6 Å². The van der Waals surface area contributed by atoms with Crippen molar-refractivity contribution >= 4 is 40.4 Å². The lowest BCUT2D eigenvalue weighted by atomic mass is 10.2. The zero-order chi connectivity index (χ0) is 16.8. The van der Waals surface area contributed by atoms with Gasteiger partial charge in [-0.2, -0.15) is 5.10 Å². The predicted octanol–water partition coefficient (Wildman–Crippen LogP) is 2.06. The molecular weight excluding hydrogens is 340 g/mol. The largest absolute Gasteiger partial charge is 0.383 e. The van der Waals surface area contributed by atoms with E-state index in [-0.39, 0.29) is 6.04 Å². The SMILES string of the molecule is COCCn1cc(NC(=O)C(=O)NC(C)c2ccc(Cl)s2)cn1. The Hall–Kier alpha value is -1.90. The summed E-state index contributed by atoms with van der Waals surface area (Å²) >= 11 is 7.22. The molecule has 1 atom stereocenters. The van der Waals surface area contributed by atoms with Gasteiger partial charge in [-0.15, -0.1) is 11.3 Å². The van der Waals surface area contributed by atoms with Crippen LogP contribution in [-0.2, 0) is 20.9 Å². The van der Waals surface area contributed by atoms with Gasteiger partial charge in [-0.25, -0.2) is 0 Å². The maximum Gasteiger partial charge on any atom is 0.313 e. The van der Waals surface area contributed by atoms with E-state index in [9.17, 15) is 9.59 Å². The molecule has 23 heavy (non-hydrogen) atoms. The topological polar surface area (TPSA) is 85.2 Å². The summed E-state index contributed by atoms with van der Waals surface area (Å²) in [6.07, 6.45) is 3.11. The fourth-order valence-electron chi connectivity index (χ4n) is 1.82. The quantitative estimate of drug-likeness (QED) is 0.776. The number of ether oxygens (including phenoxy) is 1. The van der Waals surface area contributed by atoms with Crippen molar-refractivity contribution in [3.8, 4) is 0 Å². The Kier molecular flexibility index (Phi) is 6.14. The van der Waals surface area contributed by atoms with Crippen molar-refractivity contribution in [2.24, 2.45) is 0 Å². The minimum Gasteiger partial charge on any atom is -0.383 e. The van der Waals surface area contributed by atoms with E-state index in [0.29, 0.717) is 23.2 Å². The van der Waals surface area contributed by atoms with Gasteiger partial charge in [0.25, 0.3) is 0 Å². The second-order valence-corrected chi connectivity index (χ2v) is 6.52. The number of carbonyl (C=O) groups excluding carboxylic acids is 2. The number of thiophene rings is 1. The van der Waals surface area contributed by atoms with Crippen LogP contribution in [0.4, 0.5) is 5.69 Å². The van der Waals surface area contributed by atoms with Crippen LogP contribution in [0.15, 0.2) is 24.5 Å². The number of hydrogen-bond donors (Lipinski definition) is 2. The lowest BCUT2D eigenvalue weighted by Crippen LogP contribution is -2.36. The van der Waals surface area contributed by atoms with Gasteiger partial charge >= 0.3 is 11.8 Å². The second kappa shape index (κ2) is 8.09. The van der Waals surface area contributed by atoms with Crippen LogP contribution >= 0.6 is 22.9 Å². The van der Waals surface area contributed by atoms with Crippen molar-refractivity contribution in [2.75, 3.05) is 19.0 Å². The van der Waals surface area contributed by atoms with Gasteiger partial charge in [0.05, 0.1) is 35.4 Å². The minimum absolute atomic E-state index is 0.296. The fraction of sp³-hybridized carbons (Fsp3) is 0.357. The number of halogens is 1. The molecule has 2 N–H and O–H groups in total. The highest BCUT2D eigenvalue weighted by atomic mass is 35.5. The molecule has 1 unspecified atom stereocenters. The van der Waals surface area contributed by atoms with E-state index in [1.807, 2.05) is 6.07 Å². The molecule has 2 rings (SSSR count). The molecule has 0 aliphatic rings. The third-order valence-corrected chi connectivity index (χ3v) is 4.40. The van der Waals surface area contributed by atoms with Gasteiger partial charge in [0.15, 0.2) is 0 Å². The first-order chi connectivity index (χ1) is 11.0. The van der Waals surface area contributed by atoms with Gasteiger partial charge in [0, 0.05) is 18.2 Å². The summed E-state index contributed by atoms with van der Waals surface area (Å²) in [7, 11) is 1.60. The summed E-state index contributed by atoms with van der Waals surface area (Å²) in [5.74, 6) is -1.46. The van der Waals surface area contributed by atoms with Crippen LogP contribution in [-0.4, -0.2) is 35.3 Å². The van der Waals surface area contributed by atoms with E-state index < -0.39 is 11.8 Å². The van der Waals surface area contributed by atoms with Crippen molar-refractivity contribution in [3.05, 3.63) is 33.7 Å². The van der Waals surface area contributed by atoms with E-state index in [0.717, 1.165) is 4.88 Å². The molecular formula is C14H17ClN4O3S. The van der Waals surface area contributed by atoms with Crippen LogP contribution in [0, 0.1) is 0 Å². The Morgan fingerprint density at radius 1 is 1.43 bits per heavy atom. The number of nitrogens with zero attached hydrogens (tertiary/aromatic N) is 2. The van der Waals surface area contributed by atoms with E-state index in [1.54, 1.807) is 31.0 Å². The van der Waals surface area contributed by atoms with Crippen LogP contribution in [0.3, 0.4) is 0 Å². The van der Waals surface area contributed by atoms with Gasteiger partial charge < -0.3 is 15.4 Å². The number of methoxy groups -OCH3 is 1. The zero-order valence-electron chi connectivity index (χ0n) is 12.7. The van der Waals surface area contributed by atoms with Gasteiger partial charge in [-0.3, -0.25) is 14.3 Å². The van der Waals surface area contributed by atoms with Crippen LogP contribution < -0.4 is 10.6 Å². The monoisotopic (exact) mass is 356 g/mol. The lowest BCUT2D eigenvalue weighted by molar-refractivity contribution is -0.136. The summed E-state index contributed by atoms with van der Waals surface area (Å²) in [5, 5.41) is 9.18. The molecule has 124 valence electrons. The van der Waals surface area contributed by atoms with Crippen molar-refractivity contribution < 1.29 is 14.3 Å². The number of carbonyl (C=O) groups is 2. The maximum atomic E-state index is 11.9. The zero-order valence-corrected chi connectivity index (χ0v) is 14.3. The van der Waals surface area contributed by atoms with Crippen molar-refractivity contribution in [2.45, 2.75) is 19.5 Å². The fourth-order valence-corrected chi connectivity index (χ4v) is 2.88. The summed E-state index contributed by atoms with van der Waals surface area (Å²) < 4.78 is 7.19. The average molecular weight is 357 g/mol. The molecule has 2 aromatic rings. The summed E-state index contributed by atoms with van der Waals surface area (Å²) in [4.78, 5) is 24.7. The minimum atomic E-state index is -0.745. The molecule has 9 heteroatoms.